The number of rotatable bonds is 6. The van der Waals surface area contributed by atoms with E-state index in [4.69, 9.17) is 4.74 Å². The fourth-order valence-electron chi connectivity index (χ4n) is 4.80. The van der Waals surface area contributed by atoms with Crippen molar-refractivity contribution in [3.63, 3.8) is 0 Å². The molecule has 1 aliphatic heterocycles. The fourth-order valence-corrected chi connectivity index (χ4v) is 4.80. The molecule has 2 aliphatic rings. The molecule has 0 spiro atoms. The number of benzene rings is 2. The standard InChI is InChI=1S/C21H33NO.C7H8.H2S/c1-18-7-9-21(10-8-18)23-16-15-22-13-11-20(12-14-22)17-19-5-3-2-4-6-19;1-7-5-3-2-4-6-7;/h7-10,19-20H,2-6,11-17H2,1H3;2-6H,1H3;1H2. The lowest BCUT2D eigenvalue weighted by Gasteiger charge is -2.34. The Bertz CT molecular complexity index is 689. The molecule has 0 atom stereocenters. The van der Waals surface area contributed by atoms with Gasteiger partial charge in [0.25, 0.3) is 0 Å². The predicted octanol–water partition coefficient (Wildman–Crippen LogP) is 7.16. The summed E-state index contributed by atoms with van der Waals surface area (Å²) in [5.74, 6) is 3.04. The summed E-state index contributed by atoms with van der Waals surface area (Å²) in [5.41, 5.74) is 2.61. The average molecular weight is 442 g/mol. The van der Waals surface area contributed by atoms with Crippen LogP contribution in [0.1, 0.15) is 62.5 Å². The van der Waals surface area contributed by atoms with Gasteiger partial charge in [0.2, 0.25) is 0 Å². The zero-order valence-electron chi connectivity index (χ0n) is 19.7. The summed E-state index contributed by atoms with van der Waals surface area (Å²) >= 11 is 0. The Morgan fingerprint density at radius 3 is 1.90 bits per heavy atom. The number of ether oxygens (including phenoxy) is 1. The van der Waals surface area contributed by atoms with E-state index in [0.29, 0.717) is 0 Å². The summed E-state index contributed by atoms with van der Waals surface area (Å²) in [7, 11) is 0. The number of hydrogen-bond donors (Lipinski definition) is 0. The van der Waals surface area contributed by atoms with Crippen molar-refractivity contribution in [3.8, 4) is 5.75 Å². The quantitative estimate of drug-likeness (QED) is 0.471. The second-order valence-electron chi connectivity index (χ2n) is 9.34. The molecule has 2 aromatic rings. The van der Waals surface area contributed by atoms with E-state index in [9.17, 15) is 0 Å². The molecule has 1 heterocycles. The van der Waals surface area contributed by atoms with E-state index in [-0.39, 0.29) is 13.5 Å². The molecule has 1 saturated carbocycles. The lowest BCUT2D eigenvalue weighted by atomic mass is 9.80. The maximum Gasteiger partial charge on any atom is 0.119 e. The number of hydrogen-bond acceptors (Lipinski definition) is 2. The number of piperidine rings is 1. The van der Waals surface area contributed by atoms with Gasteiger partial charge in [-0.05, 0) is 70.2 Å². The van der Waals surface area contributed by atoms with Gasteiger partial charge in [0.05, 0.1) is 0 Å². The van der Waals surface area contributed by atoms with Crippen molar-refractivity contribution in [2.24, 2.45) is 11.8 Å². The van der Waals surface area contributed by atoms with Crippen LogP contribution in [0.25, 0.3) is 0 Å². The first-order valence-electron chi connectivity index (χ1n) is 12.1. The average Bonchev–Trinajstić information content (AvgIpc) is 2.78. The summed E-state index contributed by atoms with van der Waals surface area (Å²) in [5, 5.41) is 0. The van der Waals surface area contributed by atoms with E-state index in [0.717, 1.165) is 30.7 Å². The molecule has 0 amide bonds. The van der Waals surface area contributed by atoms with E-state index >= 15 is 0 Å². The van der Waals surface area contributed by atoms with Gasteiger partial charge in [0.1, 0.15) is 12.4 Å². The zero-order valence-corrected chi connectivity index (χ0v) is 20.7. The molecule has 0 bridgehead atoms. The largest absolute Gasteiger partial charge is 0.492 e. The van der Waals surface area contributed by atoms with Gasteiger partial charge in [-0.3, -0.25) is 4.90 Å². The van der Waals surface area contributed by atoms with E-state index in [2.05, 4.69) is 55.1 Å². The second-order valence-corrected chi connectivity index (χ2v) is 9.34. The number of aryl methyl sites for hydroxylation is 2. The van der Waals surface area contributed by atoms with Gasteiger partial charge in [0, 0.05) is 6.54 Å². The van der Waals surface area contributed by atoms with Crippen molar-refractivity contribution in [2.75, 3.05) is 26.2 Å². The van der Waals surface area contributed by atoms with Crippen LogP contribution in [-0.4, -0.2) is 31.1 Å². The molecule has 2 aromatic carbocycles. The van der Waals surface area contributed by atoms with Crippen molar-refractivity contribution >= 4 is 13.5 Å². The Balaban J connectivity index is 0.000000364. The molecule has 0 N–H and O–H groups in total. The Morgan fingerprint density at radius 2 is 1.32 bits per heavy atom. The number of likely N-dealkylation sites (tertiary alicyclic amines) is 1. The van der Waals surface area contributed by atoms with Crippen LogP contribution in [0.4, 0.5) is 0 Å². The molecular weight excluding hydrogens is 398 g/mol. The minimum absolute atomic E-state index is 0. The molecule has 1 aliphatic carbocycles. The monoisotopic (exact) mass is 441 g/mol. The predicted molar refractivity (Wildman–Crippen MR) is 139 cm³/mol. The van der Waals surface area contributed by atoms with E-state index in [1.165, 1.54) is 75.6 Å². The van der Waals surface area contributed by atoms with E-state index < -0.39 is 0 Å². The molecule has 2 fully saturated rings. The van der Waals surface area contributed by atoms with Gasteiger partial charge in [-0.15, -0.1) is 0 Å². The smallest absolute Gasteiger partial charge is 0.119 e. The highest BCUT2D eigenvalue weighted by Gasteiger charge is 2.23. The highest BCUT2D eigenvalue weighted by Crippen LogP contribution is 2.32. The van der Waals surface area contributed by atoms with E-state index in [1.807, 2.05) is 18.2 Å². The summed E-state index contributed by atoms with van der Waals surface area (Å²) in [6.45, 7) is 8.63. The van der Waals surface area contributed by atoms with Crippen molar-refractivity contribution in [1.29, 1.82) is 0 Å². The first-order chi connectivity index (χ1) is 14.7. The molecule has 3 heteroatoms. The third-order valence-electron chi connectivity index (χ3n) is 6.74. The highest BCUT2D eigenvalue weighted by molar-refractivity contribution is 7.59. The summed E-state index contributed by atoms with van der Waals surface area (Å²) in [4.78, 5) is 2.59. The van der Waals surface area contributed by atoms with Crippen LogP contribution in [0.3, 0.4) is 0 Å². The van der Waals surface area contributed by atoms with Crippen LogP contribution in [-0.2, 0) is 0 Å². The van der Waals surface area contributed by atoms with Crippen molar-refractivity contribution in [1.82, 2.24) is 4.90 Å². The van der Waals surface area contributed by atoms with Crippen molar-refractivity contribution in [2.45, 2.75) is 65.2 Å². The first kappa shape index (κ1) is 25.8. The highest BCUT2D eigenvalue weighted by atomic mass is 32.1. The Labute approximate surface area is 197 Å². The van der Waals surface area contributed by atoms with Crippen LogP contribution in [0.2, 0.25) is 0 Å². The lowest BCUT2D eigenvalue weighted by Crippen LogP contribution is -2.37. The molecule has 4 rings (SSSR count). The van der Waals surface area contributed by atoms with Gasteiger partial charge >= 0.3 is 0 Å². The molecular formula is C28H43NOS. The summed E-state index contributed by atoms with van der Waals surface area (Å²) in [6, 6.07) is 18.6. The van der Waals surface area contributed by atoms with Crippen molar-refractivity contribution < 1.29 is 4.74 Å². The second kappa shape index (κ2) is 14.6. The van der Waals surface area contributed by atoms with Crippen LogP contribution >= 0.6 is 13.5 Å². The lowest BCUT2D eigenvalue weighted by molar-refractivity contribution is 0.138. The van der Waals surface area contributed by atoms with Gasteiger partial charge in [-0.2, -0.15) is 13.5 Å². The third-order valence-corrected chi connectivity index (χ3v) is 6.74. The Kier molecular flexibility index (Phi) is 12.1. The van der Waals surface area contributed by atoms with Crippen LogP contribution in [0.5, 0.6) is 5.75 Å². The SMILES string of the molecule is Cc1ccc(OCCN2CCC(CC3CCCCC3)CC2)cc1.Cc1ccccc1.S. The van der Waals surface area contributed by atoms with Gasteiger partial charge in [0.15, 0.2) is 0 Å². The van der Waals surface area contributed by atoms with Gasteiger partial charge in [-0.1, -0.05) is 85.7 Å². The van der Waals surface area contributed by atoms with E-state index in [1.54, 1.807) is 0 Å². The first-order valence-corrected chi connectivity index (χ1v) is 12.1. The van der Waals surface area contributed by atoms with Crippen molar-refractivity contribution in [3.05, 3.63) is 65.7 Å². The summed E-state index contributed by atoms with van der Waals surface area (Å²) < 4.78 is 5.87. The maximum absolute atomic E-state index is 5.87. The van der Waals surface area contributed by atoms with Gasteiger partial charge in [-0.25, -0.2) is 0 Å². The van der Waals surface area contributed by atoms with Crippen LogP contribution < -0.4 is 4.74 Å². The molecule has 0 aromatic heterocycles. The fraction of sp³-hybridized carbons (Fsp3) is 0.571. The molecule has 0 radical (unpaired) electrons. The molecule has 2 nitrogen and oxygen atoms in total. The topological polar surface area (TPSA) is 12.5 Å². The molecule has 31 heavy (non-hydrogen) atoms. The molecule has 172 valence electrons. The maximum atomic E-state index is 5.87. The molecule has 1 saturated heterocycles. The van der Waals surface area contributed by atoms with Crippen LogP contribution in [0, 0.1) is 25.7 Å². The minimum Gasteiger partial charge on any atom is -0.492 e. The van der Waals surface area contributed by atoms with Crippen LogP contribution in [0.15, 0.2) is 54.6 Å². The summed E-state index contributed by atoms with van der Waals surface area (Å²) in [6.07, 6.45) is 11.8. The Hall–Kier alpha value is -1.45. The van der Waals surface area contributed by atoms with Gasteiger partial charge < -0.3 is 4.74 Å². The number of nitrogens with zero attached hydrogens (tertiary/aromatic N) is 1. The zero-order chi connectivity index (χ0) is 21.0. The minimum atomic E-state index is 0. The third kappa shape index (κ3) is 10.1. The normalized spacial score (nSPS) is 17.9. The molecule has 0 unspecified atom stereocenters. The Morgan fingerprint density at radius 1 is 0.742 bits per heavy atom.